The Morgan fingerprint density at radius 2 is 1.26 bits per heavy atom. The predicted octanol–water partition coefficient (Wildman–Crippen LogP) is 4.46. The van der Waals surface area contributed by atoms with E-state index in [9.17, 15) is 4.79 Å². The molecule has 0 aliphatic heterocycles. The molecule has 3 aromatic carbocycles. The Morgan fingerprint density at radius 3 is 1.81 bits per heavy atom. The number of hydrogen-bond acceptors (Lipinski definition) is 4. The molecule has 0 aromatic heterocycles. The zero-order chi connectivity index (χ0) is 19.1. The summed E-state index contributed by atoms with van der Waals surface area (Å²) >= 11 is 0. The van der Waals surface area contributed by atoms with Crippen LogP contribution in [0.15, 0.2) is 78.9 Å². The summed E-state index contributed by atoms with van der Waals surface area (Å²) in [6.45, 7) is 0. The molecule has 0 saturated heterocycles. The average molecular weight is 363 g/mol. The number of methoxy groups -OCH3 is 2. The van der Waals surface area contributed by atoms with Crippen LogP contribution in [0.1, 0.15) is 11.7 Å². The van der Waals surface area contributed by atoms with Gasteiger partial charge in [0.15, 0.2) is 0 Å². The van der Waals surface area contributed by atoms with Crippen LogP contribution in [-0.2, 0) is 4.79 Å². The summed E-state index contributed by atoms with van der Waals surface area (Å²) < 4.78 is 16.3. The minimum atomic E-state index is -0.790. The van der Waals surface area contributed by atoms with Gasteiger partial charge in [0.05, 0.1) is 14.2 Å². The van der Waals surface area contributed by atoms with Crippen molar-refractivity contribution in [3.8, 4) is 17.2 Å². The first-order chi connectivity index (χ1) is 13.2. The third-order valence-electron chi connectivity index (χ3n) is 4.01. The van der Waals surface area contributed by atoms with Gasteiger partial charge in [0.2, 0.25) is 6.10 Å². The molecule has 3 rings (SSSR count). The van der Waals surface area contributed by atoms with Crippen LogP contribution < -0.4 is 19.5 Å². The van der Waals surface area contributed by atoms with Crippen LogP contribution in [0.3, 0.4) is 0 Å². The molecule has 0 heterocycles. The maximum Gasteiger partial charge on any atom is 0.270 e. The van der Waals surface area contributed by atoms with Crippen molar-refractivity contribution in [2.45, 2.75) is 6.10 Å². The van der Waals surface area contributed by atoms with E-state index in [1.165, 1.54) is 0 Å². The number of benzene rings is 3. The molecule has 0 aliphatic rings. The van der Waals surface area contributed by atoms with Gasteiger partial charge in [-0.05, 0) is 48.5 Å². The number of ether oxygens (including phenoxy) is 3. The fourth-order valence-corrected chi connectivity index (χ4v) is 2.57. The molecule has 138 valence electrons. The molecule has 3 aromatic rings. The predicted molar refractivity (Wildman–Crippen MR) is 104 cm³/mol. The number of anilines is 1. The number of nitrogens with one attached hydrogen (secondary N) is 1. The lowest BCUT2D eigenvalue weighted by atomic mass is 10.1. The third-order valence-corrected chi connectivity index (χ3v) is 4.01. The molecular formula is C22H21NO4. The number of carbonyl (C=O) groups is 1. The molecule has 5 heteroatoms. The minimum Gasteiger partial charge on any atom is -0.497 e. The van der Waals surface area contributed by atoms with Crippen LogP contribution >= 0.6 is 0 Å². The fourth-order valence-electron chi connectivity index (χ4n) is 2.57. The average Bonchev–Trinajstić information content (AvgIpc) is 2.73. The molecule has 0 bridgehead atoms. The van der Waals surface area contributed by atoms with Gasteiger partial charge in [-0.25, -0.2) is 0 Å². The Kier molecular flexibility index (Phi) is 5.94. The molecule has 0 aliphatic carbocycles. The van der Waals surface area contributed by atoms with Crippen LogP contribution in [0.4, 0.5) is 5.69 Å². The Morgan fingerprint density at radius 1 is 0.741 bits per heavy atom. The molecule has 1 atom stereocenters. The highest BCUT2D eigenvalue weighted by Gasteiger charge is 2.23. The quantitative estimate of drug-likeness (QED) is 0.673. The molecule has 0 radical (unpaired) electrons. The smallest absolute Gasteiger partial charge is 0.270 e. The van der Waals surface area contributed by atoms with Crippen molar-refractivity contribution in [1.82, 2.24) is 0 Å². The van der Waals surface area contributed by atoms with Gasteiger partial charge in [-0.15, -0.1) is 0 Å². The van der Waals surface area contributed by atoms with E-state index in [2.05, 4.69) is 5.32 Å². The van der Waals surface area contributed by atoms with Crippen LogP contribution in [0, 0.1) is 0 Å². The van der Waals surface area contributed by atoms with Crippen molar-refractivity contribution in [1.29, 1.82) is 0 Å². The monoisotopic (exact) mass is 363 g/mol. The summed E-state index contributed by atoms with van der Waals surface area (Å²) in [7, 11) is 3.20. The largest absolute Gasteiger partial charge is 0.497 e. The zero-order valence-corrected chi connectivity index (χ0v) is 15.2. The summed E-state index contributed by atoms with van der Waals surface area (Å²) in [5.41, 5.74) is 1.43. The van der Waals surface area contributed by atoms with Crippen LogP contribution in [0.2, 0.25) is 0 Å². The lowest BCUT2D eigenvalue weighted by Gasteiger charge is -2.19. The lowest BCUT2D eigenvalue weighted by molar-refractivity contribution is -0.123. The van der Waals surface area contributed by atoms with E-state index in [4.69, 9.17) is 14.2 Å². The summed E-state index contributed by atoms with van der Waals surface area (Å²) in [6, 6.07) is 23.6. The van der Waals surface area contributed by atoms with E-state index in [1.54, 1.807) is 62.8 Å². The second-order valence-corrected chi connectivity index (χ2v) is 5.80. The summed E-state index contributed by atoms with van der Waals surface area (Å²) in [4.78, 5) is 12.9. The number of hydrogen-bond donors (Lipinski definition) is 1. The van der Waals surface area contributed by atoms with Crippen LogP contribution in [-0.4, -0.2) is 20.1 Å². The second-order valence-electron chi connectivity index (χ2n) is 5.80. The standard InChI is InChI=1S/C22H21NO4/c1-25-18-10-8-17(9-11-18)23-22(24)21(16-6-4-3-5-7-16)27-20-14-12-19(26-2)13-15-20/h3-15,21H,1-2H3,(H,23,24)/t21-/m1/s1. The van der Waals surface area contributed by atoms with Crippen molar-refractivity contribution < 1.29 is 19.0 Å². The van der Waals surface area contributed by atoms with Gasteiger partial charge in [-0.1, -0.05) is 30.3 Å². The maximum absolute atomic E-state index is 12.9. The minimum absolute atomic E-state index is 0.262. The molecule has 0 spiro atoms. The lowest BCUT2D eigenvalue weighted by Crippen LogP contribution is -2.25. The summed E-state index contributed by atoms with van der Waals surface area (Å²) in [5, 5.41) is 2.89. The van der Waals surface area contributed by atoms with Gasteiger partial charge in [-0.3, -0.25) is 4.79 Å². The van der Waals surface area contributed by atoms with E-state index in [1.807, 2.05) is 30.3 Å². The number of rotatable bonds is 7. The molecule has 1 amide bonds. The topological polar surface area (TPSA) is 56.8 Å². The van der Waals surface area contributed by atoms with Gasteiger partial charge in [0.25, 0.3) is 5.91 Å². The Labute approximate surface area is 158 Å². The van der Waals surface area contributed by atoms with Gasteiger partial charge in [0, 0.05) is 11.3 Å². The van der Waals surface area contributed by atoms with Gasteiger partial charge < -0.3 is 19.5 Å². The molecule has 0 fully saturated rings. The van der Waals surface area contributed by atoms with Crippen molar-refractivity contribution in [3.63, 3.8) is 0 Å². The Bertz CT molecular complexity index is 861. The first-order valence-electron chi connectivity index (χ1n) is 8.50. The van der Waals surface area contributed by atoms with Crippen molar-refractivity contribution in [3.05, 3.63) is 84.4 Å². The van der Waals surface area contributed by atoms with E-state index < -0.39 is 6.10 Å². The summed E-state index contributed by atoms with van der Waals surface area (Å²) in [6.07, 6.45) is -0.790. The molecule has 0 saturated carbocycles. The maximum atomic E-state index is 12.9. The van der Waals surface area contributed by atoms with Crippen molar-refractivity contribution >= 4 is 11.6 Å². The van der Waals surface area contributed by atoms with Gasteiger partial charge in [0.1, 0.15) is 17.2 Å². The zero-order valence-electron chi connectivity index (χ0n) is 15.2. The molecule has 1 N–H and O–H groups in total. The van der Waals surface area contributed by atoms with Crippen molar-refractivity contribution in [2.75, 3.05) is 19.5 Å². The molecule has 0 unspecified atom stereocenters. The summed E-state index contributed by atoms with van der Waals surface area (Å²) in [5.74, 6) is 1.76. The van der Waals surface area contributed by atoms with E-state index in [0.29, 0.717) is 11.4 Å². The number of amides is 1. The molecular weight excluding hydrogens is 342 g/mol. The SMILES string of the molecule is COc1ccc(NC(=O)[C@H](Oc2ccc(OC)cc2)c2ccccc2)cc1. The van der Waals surface area contributed by atoms with Gasteiger partial charge >= 0.3 is 0 Å². The van der Waals surface area contributed by atoms with E-state index in [-0.39, 0.29) is 5.91 Å². The highest BCUT2D eigenvalue weighted by molar-refractivity contribution is 5.95. The van der Waals surface area contributed by atoms with Crippen LogP contribution in [0.25, 0.3) is 0 Å². The van der Waals surface area contributed by atoms with Gasteiger partial charge in [-0.2, -0.15) is 0 Å². The first kappa shape index (κ1) is 18.3. The highest BCUT2D eigenvalue weighted by atomic mass is 16.5. The normalized spacial score (nSPS) is 11.3. The molecule has 27 heavy (non-hydrogen) atoms. The molecule has 5 nitrogen and oxygen atoms in total. The number of carbonyl (C=O) groups excluding carboxylic acids is 1. The Hall–Kier alpha value is -3.47. The van der Waals surface area contributed by atoms with E-state index in [0.717, 1.165) is 17.1 Å². The first-order valence-corrected chi connectivity index (χ1v) is 8.50. The second kappa shape index (κ2) is 8.76. The highest BCUT2D eigenvalue weighted by Crippen LogP contribution is 2.26. The van der Waals surface area contributed by atoms with Crippen molar-refractivity contribution in [2.24, 2.45) is 0 Å². The van der Waals surface area contributed by atoms with E-state index >= 15 is 0 Å². The van der Waals surface area contributed by atoms with Crippen LogP contribution in [0.5, 0.6) is 17.2 Å². The third kappa shape index (κ3) is 4.79. The Balaban J connectivity index is 1.81. The fraction of sp³-hybridized carbons (Fsp3) is 0.136.